The van der Waals surface area contributed by atoms with Crippen LogP contribution in [0.3, 0.4) is 0 Å². The van der Waals surface area contributed by atoms with E-state index in [0.29, 0.717) is 6.04 Å². The summed E-state index contributed by atoms with van der Waals surface area (Å²) in [5.74, 6) is 0. The molecule has 108 valence electrons. The molecule has 0 aromatic rings. The van der Waals surface area contributed by atoms with E-state index in [2.05, 4.69) is 46.0 Å². The summed E-state index contributed by atoms with van der Waals surface area (Å²) in [5.41, 5.74) is 7.10. The fourth-order valence-corrected chi connectivity index (χ4v) is 3.36. The number of nitrogens with zero attached hydrogens (tertiary/aromatic N) is 2. The summed E-state index contributed by atoms with van der Waals surface area (Å²) in [7, 11) is 8.91. The number of likely N-dealkylation sites (tertiary alicyclic amines) is 1. The van der Waals surface area contributed by atoms with Crippen molar-refractivity contribution < 1.29 is 9.18 Å². The quantitative estimate of drug-likeness (QED) is 0.411. The maximum absolute atomic E-state index is 3.55. The molecular formula is C14H34N4+2. The zero-order chi connectivity index (χ0) is 13.6. The molecule has 4 nitrogen and oxygen atoms in total. The molecule has 1 fully saturated rings. The molecule has 1 atom stereocenters. The third-order valence-electron chi connectivity index (χ3n) is 4.54. The summed E-state index contributed by atoms with van der Waals surface area (Å²) in [6.45, 7) is 6.03. The highest BCUT2D eigenvalue weighted by molar-refractivity contribution is 4.64. The normalized spacial score (nSPS) is 24.2. The number of hydrogen-bond donors (Lipinski definition) is 2. The van der Waals surface area contributed by atoms with Crippen LogP contribution in [0.2, 0.25) is 0 Å². The molecule has 0 aromatic heterocycles. The van der Waals surface area contributed by atoms with E-state index in [0.717, 1.165) is 9.18 Å². The van der Waals surface area contributed by atoms with Crippen LogP contribution in [0.4, 0.5) is 0 Å². The first-order valence-electron chi connectivity index (χ1n) is 7.57. The molecule has 0 aliphatic carbocycles. The number of rotatable bonds is 7. The second kappa shape index (κ2) is 6.85. The lowest BCUT2D eigenvalue weighted by Gasteiger charge is -2.47. The largest absolute Gasteiger partial charge is 0.323 e. The summed E-state index contributed by atoms with van der Waals surface area (Å²) in [6.07, 6.45) is 6.58. The van der Waals surface area contributed by atoms with Crippen LogP contribution in [0.25, 0.3) is 0 Å². The van der Waals surface area contributed by atoms with Crippen LogP contribution in [0.1, 0.15) is 39.0 Å². The highest BCUT2D eigenvalue weighted by Crippen LogP contribution is 2.22. The molecule has 2 N–H and O–H groups in total. The molecule has 1 saturated heterocycles. The van der Waals surface area contributed by atoms with E-state index in [1.54, 1.807) is 0 Å². The average Bonchev–Trinajstić information content (AvgIpc) is 2.34. The number of likely N-dealkylation sites (N-methyl/N-ethyl adjacent to an activating group) is 1. The zero-order valence-corrected chi connectivity index (χ0v) is 13.1. The molecule has 1 rings (SSSR count). The molecule has 0 radical (unpaired) electrons. The Bertz CT molecular complexity index is 236. The van der Waals surface area contributed by atoms with Crippen molar-refractivity contribution in [2.24, 2.45) is 0 Å². The number of piperidine rings is 1. The van der Waals surface area contributed by atoms with Gasteiger partial charge in [-0.3, -0.25) is 0 Å². The van der Waals surface area contributed by atoms with Gasteiger partial charge in [-0.15, -0.1) is 0 Å². The van der Waals surface area contributed by atoms with Gasteiger partial charge in [-0.05, 0) is 6.42 Å². The maximum Gasteiger partial charge on any atom is 0.174 e. The van der Waals surface area contributed by atoms with Gasteiger partial charge in [-0.25, -0.2) is 0 Å². The van der Waals surface area contributed by atoms with Crippen LogP contribution in [0.5, 0.6) is 0 Å². The van der Waals surface area contributed by atoms with Crippen molar-refractivity contribution in [2.75, 3.05) is 47.8 Å². The number of hydrogen-bond acceptors (Lipinski definition) is 2. The molecule has 0 amide bonds. The number of quaternary nitrogens is 2. The Balaban J connectivity index is 2.69. The Hall–Kier alpha value is -0.160. The van der Waals surface area contributed by atoms with Crippen LogP contribution in [0, 0.1) is 0 Å². The minimum absolute atomic E-state index is 0.681. The molecule has 0 bridgehead atoms. The summed E-state index contributed by atoms with van der Waals surface area (Å²) in [4.78, 5) is 0. The van der Waals surface area contributed by atoms with Gasteiger partial charge in [0.1, 0.15) is 13.1 Å². The monoisotopic (exact) mass is 258 g/mol. The van der Waals surface area contributed by atoms with Crippen LogP contribution in [0.15, 0.2) is 0 Å². The Kier molecular flexibility index (Phi) is 6.05. The van der Waals surface area contributed by atoms with E-state index in [4.69, 9.17) is 0 Å². The van der Waals surface area contributed by atoms with Crippen molar-refractivity contribution in [1.82, 2.24) is 10.9 Å². The lowest BCUT2D eigenvalue weighted by atomic mass is 10.0. The Morgan fingerprint density at radius 2 is 1.83 bits per heavy atom. The van der Waals surface area contributed by atoms with Crippen LogP contribution in [-0.4, -0.2) is 63.1 Å². The molecule has 1 aliphatic rings. The van der Waals surface area contributed by atoms with E-state index in [1.807, 2.05) is 0 Å². The van der Waals surface area contributed by atoms with Gasteiger partial charge in [0.15, 0.2) is 6.04 Å². The predicted octanol–water partition coefficient (Wildman–Crippen LogP) is 1.50. The molecule has 0 saturated carbocycles. The molecular weight excluding hydrogens is 224 g/mol. The van der Waals surface area contributed by atoms with Gasteiger partial charge in [-0.1, -0.05) is 13.3 Å². The van der Waals surface area contributed by atoms with Crippen molar-refractivity contribution in [1.29, 1.82) is 0 Å². The van der Waals surface area contributed by atoms with Crippen LogP contribution in [-0.2, 0) is 0 Å². The van der Waals surface area contributed by atoms with Gasteiger partial charge in [0, 0.05) is 33.4 Å². The molecule has 0 aromatic carbocycles. The maximum atomic E-state index is 3.55. The lowest BCUT2D eigenvalue weighted by Crippen LogP contribution is -2.73. The number of unbranched alkanes of at least 4 members (excludes halogenated alkanes) is 2. The smallest absolute Gasteiger partial charge is 0.174 e. The van der Waals surface area contributed by atoms with Crippen molar-refractivity contribution in [3.8, 4) is 0 Å². The zero-order valence-electron chi connectivity index (χ0n) is 13.1. The summed E-state index contributed by atoms with van der Waals surface area (Å²) in [6, 6.07) is 0.681. The van der Waals surface area contributed by atoms with Crippen molar-refractivity contribution >= 4 is 0 Å². The lowest BCUT2D eigenvalue weighted by molar-refractivity contribution is -1.05. The molecule has 18 heavy (non-hydrogen) atoms. The van der Waals surface area contributed by atoms with Crippen molar-refractivity contribution in [3.63, 3.8) is 0 Å². The third-order valence-corrected chi connectivity index (χ3v) is 4.54. The average molecular weight is 258 g/mol. The first kappa shape index (κ1) is 15.9. The predicted molar refractivity (Wildman–Crippen MR) is 77.6 cm³/mol. The second-order valence-electron chi connectivity index (χ2n) is 6.38. The van der Waals surface area contributed by atoms with Gasteiger partial charge in [0.2, 0.25) is 0 Å². The topological polar surface area (TPSA) is 24.1 Å². The van der Waals surface area contributed by atoms with Crippen LogP contribution >= 0.6 is 0 Å². The van der Waals surface area contributed by atoms with Crippen molar-refractivity contribution in [3.05, 3.63) is 0 Å². The minimum atomic E-state index is 0.681. The fraction of sp³-hybridized carbons (Fsp3) is 1.00. The van der Waals surface area contributed by atoms with E-state index in [-0.39, 0.29) is 0 Å². The van der Waals surface area contributed by atoms with Gasteiger partial charge >= 0.3 is 0 Å². The molecule has 1 aliphatic heterocycles. The standard InChI is InChI=1S/C14H34N4/c1-6-7-8-12-18(15-2,16-3)14-10-9-11-17(4,5)13-14/h14-16H,6-13H2,1-5H3/q+2. The highest BCUT2D eigenvalue weighted by atomic mass is 15.9. The van der Waals surface area contributed by atoms with E-state index in [1.165, 1.54) is 51.7 Å². The van der Waals surface area contributed by atoms with Gasteiger partial charge in [0.25, 0.3) is 0 Å². The molecule has 4 heteroatoms. The Morgan fingerprint density at radius 3 is 2.33 bits per heavy atom. The summed E-state index contributed by atoms with van der Waals surface area (Å²) in [5, 5.41) is 0. The van der Waals surface area contributed by atoms with Gasteiger partial charge in [-0.2, -0.15) is 15.6 Å². The van der Waals surface area contributed by atoms with E-state index in [9.17, 15) is 0 Å². The fourth-order valence-electron chi connectivity index (χ4n) is 3.36. The highest BCUT2D eigenvalue weighted by Gasteiger charge is 2.42. The summed E-state index contributed by atoms with van der Waals surface area (Å²) >= 11 is 0. The van der Waals surface area contributed by atoms with E-state index >= 15 is 0 Å². The molecule has 1 unspecified atom stereocenters. The summed E-state index contributed by atoms with van der Waals surface area (Å²) < 4.78 is 2.03. The van der Waals surface area contributed by atoms with Gasteiger partial charge in [0.05, 0.1) is 20.6 Å². The first-order chi connectivity index (χ1) is 8.49. The first-order valence-corrected chi connectivity index (χ1v) is 7.57. The Labute approximate surface area is 113 Å². The molecule has 0 spiro atoms. The third kappa shape index (κ3) is 3.92. The van der Waals surface area contributed by atoms with E-state index < -0.39 is 0 Å². The van der Waals surface area contributed by atoms with Gasteiger partial charge < -0.3 is 4.48 Å². The van der Waals surface area contributed by atoms with Crippen LogP contribution < -0.4 is 10.9 Å². The number of nitrogens with one attached hydrogen (secondary N) is 2. The second-order valence-corrected chi connectivity index (χ2v) is 6.38. The van der Waals surface area contributed by atoms with Crippen molar-refractivity contribution in [2.45, 2.75) is 45.1 Å². The Morgan fingerprint density at radius 1 is 1.17 bits per heavy atom. The SMILES string of the molecule is CCCCC[N+](NC)(NC)C1CCC[N+](C)(C)C1. The molecule has 1 heterocycles. The minimum Gasteiger partial charge on any atom is -0.323 e.